The highest BCUT2D eigenvalue weighted by Crippen LogP contribution is 2.28. The smallest absolute Gasteiger partial charge is 0.367 e. The van der Waals surface area contributed by atoms with Crippen molar-refractivity contribution < 1.29 is 13.2 Å². The summed E-state index contributed by atoms with van der Waals surface area (Å²) >= 11 is 0. The van der Waals surface area contributed by atoms with Crippen molar-refractivity contribution >= 4 is 5.82 Å². The average Bonchev–Trinajstić information content (AvgIpc) is 2.70. The van der Waals surface area contributed by atoms with Crippen molar-refractivity contribution in [2.24, 2.45) is 0 Å². The molecule has 0 saturated heterocycles. The molecule has 0 amide bonds. The zero-order valence-corrected chi connectivity index (χ0v) is 8.46. The van der Waals surface area contributed by atoms with Gasteiger partial charge in [-0.25, -0.2) is 4.98 Å². The SMILES string of the molecule is FC(F)(F)c1cccc(NC2CC=CC2)n1. The quantitative estimate of drug-likeness (QED) is 0.786. The molecular formula is C11H11F3N2. The molecule has 0 bridgehead atoms. The van der Waals surface area contributed by atoms with Crippen molar-refractivity contribution in [1.29, 1.82) is 0 Å². The van der Waals surface area contributed by atoms with Crippen LogP contribution in [0.3, 0.4) is 0 Å². The van der Waals surface area contributed by atoms with Crippen LogP contribution >= 0.6 is 0 Å². The molecule has 0 aromatic carbocycles. The van der Waals surface area contributed by atoms with E-state index >= 15 is 0 Å². The van der Waals surface area contributed by atoms with Gasteiger partial charge >= 0.3 is 6.18 Å². The van der Waals surface area contributed by atoms with Crippen molar-refractivity contribution in [3.8, 4) is 0 Å². The summed E-state index contributed by atoms with van der Waals surface area (Å²) in [5.74, 6) is 0.281. The first-order chi connectivity index (χ1) is 7.55. The predicted molar refractivity (Wildman–Crippen MR) is 55.0 cm³/mol. The van der Waals surface area contributed by atoms with Crippen molar-refractivity contribution in [3.05, 3.63) is 36.0 Å². The second-order valence-corrected chi connectivity index (χ2v) is 3.69. The van der Waals surface area contributed by atoms with Gasteiger partial charge in [0.2, 0.25) is 0 Å². The summed E-state index contributed by atoms with van der Waals surface area (Å²) in [6, 6.07) is 4.04. The predicted octanol–water partition coefficient (Wildman–Crippen LogP) is 3.23. The summed E-state index contributed by atoms with van der Waals surface area (Å²) in [4.78, 5) is 3.54. The van der Waals surface area contributed by atoms with E-state index < -0.39 is 11.9 Å². The molecule has 0 fully saturated rings. The summed E-state index contributed by atoms with van der Waals surface area (Å²) in [6.45, 7) is 0. The van der Waals surface area contributed by atoms with Crippen LogP contribution in [0.4, 0.5) is 19.0 Å². The van der Waals surface area contributed by atoms with E-state index in [2.05, 4.69) is 10.3 Å². The van der Waals surface area contributed by atoms with E-state index in [-0.39, 0.29) is 11.9 Å². The maximum atomic E-state index is 12.4. The molecule has 1 aromatic heterocycles. The first kappa shape index (κ1) is 11.0. The van der Waals surface area contributed by atoms with Gasteiger partial charge in [0, 0.05) is 6.04 Å². The number of pyridine rings is 1. The fourth-order valence-corrected chi connectivity index (χ4v) is 1.62. The Morgan fingerprint density at radius 2 is 1.88 bits per heavy atom. The lowest BCUT2D eigenvalue weighted by Gasteiger charge is -2.14. The van der Waals surface area contributed by atoms with Crippen LogP contribution in [0.15, 0.2) is 30.4 Å². The standard InChI is InChI=1S/C11H11F3N2/c12-11(13,14)9-6-3-7-10(16-9)15-8-4-1-2-5-8/h1-3,6-8H,4-5H2,(H,15,16). The number of rotatable bonds is 2. The molecule has 1 N–H and O–H groups in total. The molecule has 1 aliphatic carbocycles. The fourth-order valence-electron chi connectivity index (χ4n) is 1.62. The summed E-state index contributed by atoms with van der Waals surface area (Å²) in [5.41, 5.74) is -0.858. The van der Waals surface area contributed by atoms with Crippen LogP contribution in [0.2, 0.25) is 0 Å². The summed E-state index contributed by atoms with van der Waals surface area (Å²) in [6.07, 6.45) is 1.29. The summed E-state index contributed by atoms with van der Waals surface area (Å²) in [5, 5.41) is 2.98. The Hall–Kier alpha value is -1.52. The lowest BCUT2D eigenvalue weighted by Crippen LogP contribution is -2.17. The number of halogens is 3. The number of nitrogens with one attached hydrogen (secondary N) is 1. The van der Waals surface area contributed by atoms with E-state index in [9.17, 15) is 13.2 Å². The van der Waals surface area contributed by atoms with E-state index in [1.165, 1.54) is 6.07 Å². The monoisotopic (exact) mass is 228 g/mol. The molecule has 1 aromatic rings. The molecule has 0 radical (unpaired) electrons. The van der Waals surface area contributed by atoms with Crippen LogP contribution in [-0.2, 0) is 6.18 Å². The highest BCUT2D eigenvalue weighted by Gasteiger charge is 2.32. The summed E-state index contributed by atoms with van der Waals surface area (Å²) < 4.78 is 37.1. The fraction of sp³-hybridized carbons (Fsp3) is 0.364. The van der Waals surface area contributed by atoms with Crippen LogP contribution in [0.5, 0.6) is 0 Å². The van der Waals surface area contributed by atoms with E-state index in [4.69, 9.17) is 0 Å². The molecular weight excluding hydrogens is 217 g/mol. The maximum absolute atomic E-state index is 12.4. The molecule has 1 aliphatic rings. The van der Waals surface area contributed by atoms with Gasteiger partial charge in [-0.2, -0.15) is 13.2 Å². The number of alkyl halides is 3. The Morgan fingerprint density at radius 3 is 2.50 bits per heavy atom. The minimum absolute atomic E-state index is 0.163. The molecule has 1 heterocycles. The van der Waals surface area contributed by atoms with Gasteiger partial charge in [0.25, 0.3) is 0 Å². The third-order valence-corrected chi connectivity index (χ3v) is 2.40. The van der Waals surface area contributed by atoms with Gasteiger partial charge in [-0.15, -0.1) is 0 Å². The molecule has 2 rings (SSSR count). The van der Waals surface area contributed by atoms with Crippen LogP contribution < -0.4 is 5.32 Å². The van der Waals surface area contributed by atoms with Crippen LogP contribution in [-0.4, -0.2) is 11.0 Å². The first-order valence-corrected chi connectivity index (χ1v) is 5.01. The number of anilines is 1. The topological polar surface area (TPSA) is 24.9 Å². The van der Waals surface area contributed by atoms with E-state index in [1.54, 1.807) is 6.07 Å². The maximum Gasteiger partial charge on any atom is 0.433 e. The Balaban J connectivity index is 2.10. The van der Waals surface area contributed by atoms with Crippen molar-refractivity contribution in [3.63, 3.8) is 0 Å². The zero-order valence-electron chi connectivity index (χ0n) is 8.46. The number of hydrogen-bond donors (Lipinski definition) is 1. The number of nitrogens with zero attached hydrogens (tertiary/aromatic N) is 1. The van der Waals surface area contributed by atoms with Gasteiger partial charge < -0.3 is 5.32 Å². The third kappa shape index (κ3) is 2.53. The molecule has 0 spiro atoms. The van der Waals surface area contributed by atoms with Gasteiger partial charge in [0.05, 0.1) is 0 Å². The van der Waals surface area contributed by atoms with E-state index in [0.717, 1.165) is 18.9 Å². The molecule has 0 atom stereocenters. The van der Waals surface area contributed by atoms with Crippen molar-refractivity contribution in [2.45, 2.75) is 25.1 Å². The Morgan fingerprint density at radius 1 is 1.19 bits per heavy atom. The van der Waals surface area contributed by atoms with E-state index in [0.29, 0.717) is 0 Å². The average molecular weight is 228 g/mol. The molecule has 0 unspecified atom stereocenters. The normalized spacial score (nSPS) is 16.7. The van der Waals surface area contributed by atoms with Crippen LogP contribution in [0.25, 0.3) is 0 Å². The van der Waals surface area contributed by atoms with Crippen LogP contribution in [0, 0.1) is 0 Å². The number of aromatic nitrogens is 1. The lowest BCUT2D eigenvalue weighted by molar-refractivity contribution is -0.141. The van der Waals surface area contributed by atoms with Gasteiger partial charge in [-0.3, -0.25) is 0 Å². The van der Waals surface area contributed by atoms with Crippen LogP contribution in [0.1, 0.15) is 18.5 Å². The largest absolute Gasteiger partial charge is 0.433 e. The highest BCUT2D eigenvalue weighted by atomic mass is 19.4. The second kappa shape index (κ2) is 4.15. The molecule has 0 aliphatic heterocycles. The zero-order chi connectivity index (χ0) is 11.6. The molecule has 16 heavy (non-hydrogen) atoms. The molecule has 0 saturated carbocycles. The molecule has 86 valence electrons. The molecule has 2 nitrogen and oxygen atoms in total. The lowest BCUT2D eigenvalue weighted by atomic mass is 10.2. The van der Waals surface area contributed by atoms with Gasteiger partial charge in [0.15, 0.2) is 0 Å². The van der Waals surface area contributed by atoms with Gasteiger partial charge in [0.1, 0.15) is 11.5 Å². The number of hydrogen-bond acceptors (Lipinski definition) is 2. The van der Waals surface area contributed by atoms with Crippen molar-refractivity contribution in [2.75, 3.05) is 5.32 Å². The Bertz CT molecular complexity index is 390. The molecule has 5 heteroatoms. The Kier molecular flexibility index (Phi) is 2.85. The highest BCUT2D eigenvalue weighted by molar-refractivity contribution is 5.38. The Labute approximate surface area is 91.2 Å². The van der Waals surface area contributed by atoms with Crippen molar-refractivity contribution in [1.82, 2.24) is 4.98 Å². The first-order valence-electron chi connectivity index (χ1n) is 5.01. The van der Waals surface area contributed by atoms with Gasteiger partial charge in [-0.1, -0.05) is 18.2 Å². The third-order valence-electron chi connectivity index (χ3n) is 2.40. The minimum Gasteiger partial charge on any atom is -0.367 e. The van der Waals surface area contributed by atoms with E-state index in [1.807, 2.05) is 12.2 Å². The van der Waals surface area contributed by atoms with Gasteiger partial charge in [-0.05, 0) is 25.0 Å². The minimum atomic E-state index is -4.38. The summed E-state index contributed by atoms with van der Waals surface area (Å²) in [7, 11) is 0. The second-order valence-electron chi connectivity index (χ2n) is 3.69.